The summed E-state index contributed by atoms with van der Waals surface area (Å²) in [4.78, 5) is 24.5. The molecule has 0 fully saturated rings. The van der Waals surface area contributed by atoms with Crippen molar-refractivity contribution < 1.29 is 9.18 Å². The number of carbonyl (C=O) groups is 1. The van der Waals surface area contributed by atoms with E-state index in [9.17, 15) is 9.18 Å². The Labute approximate surface area is 148 Å². The van der Waals surface area contributed by atoms with E-state index in [2.05, 4.69) is 25.6 Å². The number of rotatable bonds is 5. The Bertz CT molecular complexity index is 891. The van der Waals surface area contributed by atoms with Gasteiger partial charge in [-0.15, -0.1) is 0 Å². The van der Waals surface area contributed by atoms with Gasteiger partial charge >= 0.3 is 0 Å². The molecule has 1 aromatic carbocycles. The van der Waals surface area contributed by atoms with Gasteiger partial charge in [-0.05, 0) is 42.0 Å². The fraction of sp³-hybridized carbons (Fsp3) is 0.0588. The number of halogens is 2. The Morgan fingerprint density at radius 2 is 1.92 bits per heavy atom. The van der Waals surface area contributed by atoms with Gasteiger partial charge in [0.2, 0.25) is 5.95 Å². The van der Waals surface area contributed by atoms with Crippen molar-refractivity contribution in [3.63, 3.8) is 0 Å². The largest absolute Gasteiger partial charge is 0.350 e. The molecule has 0 atom stereocenters. The van der Waals surface area contributed by atoms with Crippen molar-refractivity contribution in [3.05, 3.63) is 77.1 Å². The number of benzene rings is 1. The van der Waals surface area contributed by atoms with E-state index in [1.54, 1.807) is 12.4 Å². The third-order valence-electron chi connectivity index (χ3n) is 3.27. The van der Waals surface area contributed by atoms with Gasteiger partial charge in [-0.1, -0.05) is 11.6 Å². The first-order valence-corrected chi connectivity index (χ1v) is 7.72. The first-order chi connectivity index (χ1) is 12.1. The summed E-state index contributed by atoms with van der Waals surface area (Å²) in [5.74, 6) is -0.678. The highest BCUT2D eigenvalue weighted by Crippen LogP contribution is 2.19. The minimum Gasteiger partial charge on any atom is -0.350 e. The number of aromatic nitrogens is 3. The van der Waals surface area contributed by atoms with Gasteiger partial charge in [-0.25, -0.2) is 14.4 Å². The standard InChI is InChI=1S/C17H13ClFN5O/c18-13-9-12(1-2-14(13)19)23-16(25)15-5-8-21-17(24-15)22-10-11-3-6-20-7-4-11/h1-9H,10H2,(H,23,25)(H,21,22,24). The van der Waals surface area contributed by atoms with Crippen LogP contribution in [0.2, 0.25) is 5.02 Å². The van der Waals surface area contributed by atoms with Gasteiger partial charge in [-0.3, -0.25) is 9.78 Å². The second-order valence-corrected chi connectivity index (χ2v) is 5.46. The van der Waals surface area contributed by atoms with E-state index in [1.807, 2.05) is 12.1 Å². The maximum atomic E-state index is 13.2. The molecule has 2 heterocycles. The van der Waals surface area contributed by atoms with Gasteiger partial charge < -0.3 is 10.6 Å². The van der Waals surface area contributed by atoms with E-state index in [1.165, 1.54) is 30.5 Å². The minimum atomic E-state index is -0.552. The van der Waals surface area contributed by atoms with E-state index < -0.39 is 11.7 Å². The van der Waals surface area contributed by atoms with Crippen LogP contribution in [0.4, 0.5) is 16.0 Å². The van der Waals surface area contributed by atoms with Crippen molar-refractivity contribution in [2.75, 3.05) is 10.6 Å². The second-order valence-electron chi connectivity index (χ2n) is 5.06. The second kappa shape index (κ2) is 7.67. The van der Waals surface area contributed by atoms with Crippen molar-refractivity contribution in [3.8, 4) is 0 Å². The van der Waals surface area contributed by atoms with E-state index in [0.717, 1.165) is 5.56 Å². The first kappa shape index (κ1) is 16.8. The maximum absolute atomic E-state index is 13.2. The van der Waals surface area contributed by atoms with Crippen LogP contribution >= 0.6 is 11.6 Å². The highest BCUT2D eigenvalue weighted by atomic mass is 35.5. The van der Waals surface area contributed by atoms with Gasteiger partial charge in [-0.2, -0.15) is 0 Å². The van der Waals surface area contributed by atoms with Gasteiger partial charge in [0.05, 0.1) is 5.02 Å². The van der Waals surface area contributed by atoms with Crippen molar-refractivity contribution >= 4 is 29.1 Å². The minimum absolute atomic E-state index is 0.0693. The van der Waals surface area contributed by atoms with E-state index >= 15 is 0 Å². The predicted octanol–water partition coefficient (Wildman–Crippen LogP) is 3.53. The molecule has 8 heteroatoms. The molecule has 0 unspecified atom stereocenters. The number of carbonyl (C=O) groups excluding carboxylic acids is 1. The zero-order valence-corrected chi connectivity index (χ0v) is 13.7. The molecule has 0 saturated heterocycles. The first-order valence-electron chi connectivity index (χ1n) is 7.34. The highest BCUT2D eigenvalue weighted by molar-refractivity contribution is 6.31. The van der Waals surface area contributed by atoms with Crippen molar-refractivity contribution in [2.45, 2.75) is 6.54 Å². The summed E-state index contributed by atoms with van der Waals surface area (Å²) in [7, 11) is 0. The maximum Gasteiger partial charge on any atom is 0.274 e. The van der Waals surface area contributed by atoms with Crippen LogP contribution in [0.5, 0.6) is 0 Å². The number of anilines is 2. The van der Waals surface area contributed by atoms with Crippen LogP contribution in [-0.2, 0) is 6.54 Å². The summed E-state index contributed by atoms with van der Waals surface area (Å²) in [6.07, 6.45) is 4.86. The molecule has 6 nitrogen and oxygen atoms in total. The van der Waals surface area contributed by atoms with E-state index in [4.69, 9.17) is 11.6 Å². The zero-order chi connectivity index (χ0) is 17.6. The molecule has 0 aliphatic rings. The molecule has 1 amide bonds. The topological polar surface area (TPSA) is 79.8 Å². The Hall–Kier alpha value is -3.06. The summed E-state index contributed by atoms with van der Waals surface area (Å²) in [5, 5.41) is 5.58. The summed E-state index contributed by atoms with van der Waals surface area (Å²) in [5.41, 5.74) is 1.56. The van der Waals surface area contributed by atoms with Gasteiger partial charge in [0.1, 0.15) is 11.5 Å². The summed E-state index contributed by atoms with van der Waals surface area (Å²) >= 11 is 5.70. The molecule has 3 rings (SSSR count). The lowest BCUT2D eigenvalue weighted by atomic mass is 10.3. The molecule has 0 radical (unpaired) electrons. The van der Waals surface area contributed by atoms with Crippen molar-refractivity contribution in [1.82, 2.24) is 15.0 Å². The average Bonchev–Trinajstić information content (AvgIpc) is 2.64. The van der Waals surface area contributed by atoms with Crippen LogP contribution in [0.25, 0.3) is 0 Å². The lowest BCUT2D eigenvalue weighted by molar-refractivity contribution is 0.102. The molecule has 0 aliphatic heterocycles. The highest BCUT2D eigenvalue weighted by Gasteiger charge is 2.10. The molecule has 0 saturated carbocycles. The molecule has 0 aliphatic carbocycles. The van der Waals surface area contributed by atoms with Crippen LogP contribution in [-0.4, -0.2) is 20.9 Å². The lowest BCUT2D eigenvalue weighted by Crippen LogP contribution is -2.15. The molecule has 0 bridgehead atoms. The number of pyridine rings is 1. The van der Waals surface area contributed by atoms with Crippen molar-refractivity contribution in [1.29, 1.82) is 0 Å². The van der Waals surface area contributed by atoms with Crippen LogP contribution < -0.4 is 10.6 Å². The zero-order valence-electron chi connectivity index (χ0n) is 12.9. The smallest absolute Gasteiger partial charge is 0.274 e. The molecule has 0 spiro atoms. The number of nitrogens with one attached hydrogen (secondary N) is 2. The molecular formula is C17H13ClFN5O. The monoisotopic (exact) mass is 357 g/mol. The number of nitrogens with zero attached hydrogens (tertiary/aromatic N) is 3. The summed E-state index contributed by atoms with van der Waals surface area (Å²) < 4.78 is 13.2. The third kappa shape index (κ3) is 4.48. The Kier molecular flexibility index (Phi) is 5.15. The van der Waals surface area contributed by atoms with Crippen LogP contribution in [0.3, 0.4) is 0 Å². The third-order valence-corrected chi connectivity index (χ3v) is 3.56. The number of hydrogen-bond donors (Lipinski definition) is 2. The van der Waals surface area contributed by atoms with Crippen LogP contribution in [0, 0.1) is 5.82 Å². The fourth-order valence-corrected chi connectivity index (χ4v) is 2.20. The predicted molar refractivity (Wildman–Crippen MR) is 93.0 cm³/mol. The Balaban J connectivity index is 1.67. The van der Waals surface area contributed by atoms with Crippen molar-refractivity contribution in [2.24, 2.45) is 0 Å². The van der Waals surface area contributed by atoms with E-state index in [-0.39, 0.29) is 10.7 Å². The Morgan fingerprint density at radius 3 is 2.68 bits per heavy atom. The van der Waals surface area contributed by atoms with Crippen LogP contribution in [0.1, 0.15) is 16.1 Å². The van der Waals surface area contributed by atoms with Gasteiger partial charge in [0, 0.05) is 30.8 Å². The normalized spacial score (nSPS) is 10.3. The SMILES string of the molecule is O=C(Nc1ccc(F)c(Cl)c1)c1ccnc(NCc2ccncc2)n1. The fourth-order valence-electron chi connectivity index (χ4n) is 2.02. The molecule has 2 aromatic heterocycles. The summed E-state index contributed by atoms with van der Waals surface area (Å²) in [6, 6.07) is 9.14. The molecular weight excluding hydrogens is 345 g/mol. The molecule has 3 aromatic rings. The Morgan fingerprint density at radius 1 is 1.12 bits per heavy atom. The number of amides is 1. The van der Waals surface area contributed by atoms with Gasteiger partial charge in [0.25, 0.3) is 5.91 Å². The number of hydrogen-bond acceptors (Lipinski definition) is 5. The molecule has 126 valence electrons. The average molecular weight is 358 g/mol. The quantitative estimate of drug-likeness (QED) is 0.730. The molecule has 25 heavy (non-hydrogen) atoms. The lowest BCUT2D eigenvalue weighted by Gasteiger charge is -2.08. The summed E-state index contributed by atoms with van der Waals surface area (Å²) in [6.45, 7) is 0.501. The van der Waals surface area contributed by atoms with Gasteiger partial charge in [0.15, 0.2) is 0 Å². The van der Waals surface area contributed by atoms with Crippen LogP contribution in [0.15, 0.2) is 55.0 Å². The molecule has 2 N–H and O–H groups in total. The van der Waals surface area contributed by atoms with E-state index in [0.29, 0.717) is 18.2 Å².